The van der Waals surface area contributed by atoms with Gasteiger partial charge in [-0.05, 0) is 25.0 Å². The second-order valence-corrected chi connectivity index (χ2v) is 4.31. The van der Waals surface area contributed by atoms with E-state index < -0.39 is 24.1 Å². The Morgan fingerprint density at radius 2 is 2.17 bits per heavy atom. The number of carboxylic acids is 1. The van der Waals surface area contributed by atoms with E-state index in [0.29, 0.717) is 23.7 Å². The van der Waals surface area contributed by atoms with Gasteiger partial charge in [0.25, 0.3) is 5.91 Å². The van der Waals surface area contributed by atoms with Crippen molar-refractivity contribution in [3.05, 3.63) is 23.4 Å². The van der Waals surface area contributed by atoms with Crippen molar-refractivity contribution in [2.45, 2.75) is 25.0 Å². The van der Waals surface area contributed by atoms with Crippen LogP contribution >= 0.6 is 11.6 Å². The summed E-state index contributed by atoms with van der Waals surface area (Å²) in [7, 11) is 0. The van der Waals surface area contributed by atoms with Gasteiger partial charge in [-0.25, -0.2) is 9.78 Å². The number of anilines is 1. The highest BCUT2D eigenvalue weighted by atomic mass is 35.5. The molecule has 0 aromatic carbocycles. The lowest BCUT2D eigenvalue weighted by Gasteiger charge is -2.11. The molecule has 18 heavy (non-hydrogen) atoms. The Hall–Kier alpha value is -1.66. The second kappa shape index (κ2) is 5.32. The largest absolute Gasteiger partial charge is 0.479 e. The molecule has 1 fully saturated rings. The number of carboxylic acid groups (broad SMARTS) is 1. The molecule has 96 valence electrons. The third kappa shape index (κ3) is 2.96. The lowest BCUT2D eigenvalue weighted by atomic mass is 10.2. The van der Waals surface area contributed by atoms with Gasteiger partial charge in [0.05, 0.1) is 0 Å². The van der Waals surface area contributed by atoms with Gasteiger partial charge >= 0.3 is 5.97 Å². The van der Waals surface area contributed by atoms with Crippen molar-refractivity contribution in [3.63, 3.8) is 0 Å². The first-order valence-corrected chi connectivity index (χ1v) is 5.75. The number of hydrogen-bond donors (Lipinski definition) is 2. The maximum absolute atomic E-state index is 11.8. The van der Waals surface area contributed by atoms with Crippen LogP contribution in [0.2, 0.25) is 5.02 Å². The molecule has 0 unspecified atom stereocenters. The van der Waals surface area contributed by atoms with Crippen LogP contribution in [0, 0.1) is 0 Å². The molecule has 0 radical (unpaired) electrons. The van der Waals surface area contributed by atoms with Gasteiger partial charge in [-0.15, -0.1) is 0 Å². The molecule has 7 heteroatoms. The number of aliphatic carboxylic acids is 1. The Labute approximate surface area is 108 Å². The Morgan fingerprint density at radius 3 is 2.78 bits per heavy atom. The zero-order valence-corrected chi connectivity index (χ0v) is 10.1. The highest BCUT2D eigenvalue weighted by Crippen LogP contribution is 2.21. The summed E-state index contributed by atoms with van der Waals surface area (Å²) < 4.78 is 5.11. The van der Waals surface area contributed by atoms with E-state index >= 15 is 0 Å². The first-order valence-electron chi connectivity index (χ1n) is 5.37. The minimum Gasteiger partial charge on any atom is -0.479 e. The number of ether oxygens (including phenoxy) is 1. The van der Waals surface area contributed by atoms with Crippen molar-refractivity contribution in [1.29, 1.82) is 0 Å². The highest BCUT2D eigenvalue weighted by molar-refractivity contribution is 6.30. The molecule has 1 saturated heterocycles. The molecule has 0 bridgehead atoms. The van der Waals surface area contributed by atoms with E-state index in [1.165, 1.54) is 12.3 Å². The molecule has 2 N–H and O–H groups in total. The van der Waals surface area contributed by atoms with Gasteiger partial charge in [-0.1, -0.05) is 11.6 Å². The number of aromatic nitrogens is 1. The maximum atomic E-state index is 11.8. The molecule has 0 spiro atoms. The van der Waals surface area contributed by atoms with E-state index in [1.54, 1.807) is 6.07 Å². The van der Waals surface area contributed by atoms with Crippen LogP contribution in [-0.4, -0.2) is 34.2 Å². The quantitative estimate of drug-likeness (QED) is 0.864. The molecule has 2 rings (SSSR count). The fraction of sp³-hybridized carbons (Fsp3) is 0.364. The summed E-state index contributed by atoms with van der Waals surface area (Å²) in [5, 5.41) is 11.7. The molecule has 1 aromatic heterocycles. The normalized spacial score (nSPS) is 22.7. The number of nitrogens with one attached hydrogen (secondary N) is 1. The number of halogens is 1. The third-order valence-corrected chi connectivity index (χ3v) is 2.80. The molecule has 1 aromatic rings. The summed E-state index contributed by atoms with van der Waals surface area (Å²) in [4.78, 5) is 26.4. The molecule has 2 atom stereocenters. The van der Waals surface area contributed by atoms with Gasteiger partial charge in [0.2, 0.25) is 0 Å². The summed E-state index contributed by atoms with van der Waals surface area (Å²) in [6.07, 6.45) is 0.507. The van der Waals surface area contributed by atoms with Crippen molar-refractivity contribution in [1.82, 2.24) is 4.98 Å². The number of nitrogens with zero attached hydrogens (tertiary/aromatic N) is 1. The second-order valence-electron chi connectivity index (χ2n) is 3.88. The minimum atomic E-state index is -1.05. The lowest BCUT2D eigenvalue weighted by Crippen LogP contribution is -2.30. The highest BCUT2D eigenvalue weighted by Gasteiger charge is 2.34. The standard InChI is InChI=1S/C11H11ClN2O4/c12-6-3-4-13-9(5-6)14-10(15)7-1-2-8(18-7)11(16)17/h3-5,7-8H,1-2H2,(H,16,17)(H,13,14,15)/t7-,8+/m0/s1. The van der Waals surface area contributed by atoms with Crippen molar-refractivity contribution in [2.24, 2.45) is 0 Å². The summed E-state index contributed by atoms with van der Waals surface area (Å²) >= 11 is 5.75. The Morgan fingerprint density at radius 1 is 1.44 bits per heavy atom. The van der Waals surface area contributed by atoms with E-state index in [0.717, 1.165) is 0 Å². The molecule has 2 heterocycles. The van der Waals surface area contributed by atoms with E-state index in [2.05, 4.69) is 10.3 Å². The van der Waals surface area contributed by atoms with Gasteiger partial charge in [-0.2, -0.15) is 0 Å². The molecule has 1 aliphatic heterocycles. The molecule has 0 saturated carbocycles. The fourth-order valence-corrected chi connectivity index (χ4v) is 1.85. The zero-order chi connectivity index (χ0) is 13.1. The Bertz CT molecular complexity index is 480. The average Bonchev–Trinajstić information content (AvgIpc) is 2.78. The predicted octanol–water partition coefficient (Wildman–Crippen LogP) is 1.31. The third-order valence-electron chi connectivity index (χ3n) is 2.56. The number of carbonyl (C=O) groups is 2. The van der Waals surface area contributed by atoms with Crippen LogP contribution in [0.1, 0.15) is 12.8 Å². The Balaban J connectivity index is 1.95. The molecular formula is C11H11ClN2O4. The zero-order valence-electron chi connectivity index (χ0n) is 9.30. The van der Waals surface area contributed by atoms with E-state index in [9.17, 15) is 9.59 Å². The van der Waals surface area contributed by atoms with Gasteiger partial charge in [-0.3, -0.25) is 4.79 Å². The van der Waals surface area contributed by atoms with Crippen LogP contribution in [0.15, 0.2) is 18.3 Å². The molecule has 6 nitrogen and oxygen atoms in total. The lowest BCUT2D eigenvalue weighted by molar-refractivity contribution is -0.150. The SMILES string of the molecule is O=C(Nc1cc(Cl)ccn1)[C@@H]1CC[C@H](C(=O)O)O1. The van der Waals surface area contributed by atoms with Crippen molar-refractivity contribution in [3.8, 4) is 0 Å². The molecular weight excluding hydrogens is 260 g/mol. The molecule has 0 aliphatic carbocycles. The van der Waals surface area contributed by atoms with Crippen LogP contribution < -0.4 is 5.32 Å². The summed E-state index contributed by atoms with van der Waals surface area (Å²) in [5.41, 5.74) is 0. The van der Waals surface area contributed by atoms with Crippen LogP contribution in [0.25, 0.3) is 0 Å². The van der Waals surface area contributed by atoms with E-state index in [4.69, 9.17) is 21.4 Å². The number of hydrogen-bond acceptors (Lipinski definition) is 4. The topological polar surface area (TPSA) is 88.5 Å². The summed E-state index contributed by atoms with van der Waals surface area (Å²) in [5.74, 6) is -1.14. The number of pyridine rings is 1. The van der Waals surface area contributed by atoms with Gasteiger partial charge < -0.3 is 15.2 Å². The average molecular weight is 271 g/mol. The van der Waals surface area contributed by atoms with Crippen LogP contribution in [0.4, 0.5) is 5.82 Å². The van der Waals surface area contributed by atoms with Gasteiger partial charge in [0.15, 0.2) is 6.10 Å². The minimum absolute atomic E-state index is 0.315. The van der Waals surface area contributed by atoms with Gasteiger partial charge in [0.1, 0.15) is 11.9 Å². The molecule has 1 aliphatic rings. The van der Waals surface area contributed by atoms with Crippen LogP contribution in [0.3, 0.4) is 0 Å². The summed E-state index contributed by atoms with van der Waals surface area (Å²) in [6.45, 7) is 0. The van der Waals surface area contributed by atoms with Crippen molar-refractivity contribution >= 4 is 29.3 Å². The summed E-state index contributed by atoms with van der Waals surface area (Å²) in [6, 6.07) is 3.09. The number of rotatable bonds is 3. The first-order chi connectivity index (χ1) is 8.56. The van der Waals surface area contributed by atoms with Crippen molar-refractivity contribution < 1.29 is 19.4 Å². The van der Waals surface area contributed by atoms with E-state index in [1.807, 2.05) is 0 Å². The first kappa shape index (κ1) is 12.8. The van der Waals surface area contributed by atoms with Crippen molar-refractivity contribution in [2.75, 3.05) is 5.32 Å². The number of carbonyl (C=O) groups excluding carboxylic acids is 1. The fourth-order valence-electron chi connectivity index (χ4n) is 1.69. The van der Waals surface area contributed by atoms with Crippen LogP contribution in [-0.2, 0) is 14.3 Å². The monoisotopic (exact) mass is 270 g/mol. The predicted molar refractivity (Wildman–Crippen MR) is 63.4 cm³/mol. The Kier molecular flexibility index (Phi) is 3.78. The number of amides is 1. The maximum Gasteiger partial charge on any atom is 0.332 e. The smallest absolute Gasteiger partial charge is 0.332 e. The van der Waals surface area contributed by atoms with Gasteiger partial charge in [0, 0.05) is 11.2 Å². The van der Waals surface area contributed by atoms with Crippen LogP contribution in [0.5, 0.6) is 0 Å². The molecule has 1 amide bonds. The van der Waals surface area contributed by atoms with E-state index in [-0.39, 0.29) is 0 Å².